The van der Waals surface area contributed by atoms with Gasteiger partial charge >= 0.3 is 6.18 Å². The zero-order chi connectivity index (χ0) is 23.6. The number of aromatic nitrogens is 2. The normalized spacial score (nSPS) is 16.0. The molecular weight excluding hydrogens is 461 g/mol. The quantitative estimate of drug-likeness (QED) is 0.596. The molecule has 174 valence electrons. The van der Waals surface area contributed by atoms with E-state index < -0.39 is 32.6 Å². The Labute approximate surface area is 187 Å². The third-order valence-electron chi connectivity index (χ3n) is 5.36. The molecular formula is C21H19F3N4O4S. The van der Waals surface area contributed by atoms with Crippen LogP contribution in [0.5, 0.6) is 0 Å². The number of carbonyl (C=O) groups is 1. The van der Waals surface area contributed by atoms with Gasteiger partial charge in [-0.25, -0.2) is 8.42 Å². The Kier molecular flexibility index (Phi) is 6.21. The molecule has 0 saturated carbocycles. The third kappa shape index (κ3) is 5.06. The van der Waals surface area contributed by atoms with Crippen LogP contribution < -0.4 is 5.32 Å². The molecule has 0 bridgehead atoms. The predicted molar refractivity (Wildman–Crippen MR) is 111 cm³/mol. The van der Waals surface area contributed by atoms with Crippen molar-refractivity contribution < 1.29 is 30.8 Å². The summed E-state index contributed by atoms with van der Waals surface area (Å²) in [6, 6.07) is 10.5. The first kappa shape index (κ1) is 22.9. The van der Waals surface area contributed by atoms with E-state index in [-0.39, 0.29) is 31.8 Å². The molecule has 33 heavy (non-hydrogen) atoms. The van der Waals surface area contributed by atoms with E-state index in [4.69, 9.17) is 4.42 Å². The van der Waals surface area contributed by atoms with Gasteiger partial charge < -0.3 is 9.73 Å². The number of sulfonamides is 1. The monoisotopic (exact) mass is 480 g/mol. The molecule has 1 amide bonds. The zero-order valence-corrected chi connectivity index (χ0v) is 17.9. The first-order valence-electron chi connectivity index (χ1n) is 9.99. The molecule has 2 aromatic carbocycles. The Bertz CT molecular complexity index is 1240. The van der Waals surface area contributed by atoms with E-state index in [0.717, 1.165) is 22.5 Å². The average molecular weight is 480 g/mol. The topological polar surface area (TPSA) is 105 Å². The summed E-state index contributed by atoms with van der Waals surface area (Å²) in [4.78, 5) is 12.3. The molecule has 1 N–H and O–H groups in total. The molecule has 1 saturated heterocycles. The largest absolute Gasteiger partial charge is 0.423 e. The van der Waals surface area contributed by atoms with Crippen LogP contribution in [0.3, 0.4) is 0 Å². The minimum atomic E-state index is -4.64. The van der Waals surface area contributed by atoms with Crippen LogP contribution in [0, 0.1) is 5.92 Å². The summed E-state index contributed by atoms with van der Waals surface area (Å²) >= 11 is 0. The first-order valence-corrected chi connectivity index (χ1v) is 11.4. The van der Waals surface area contributed by atoms with E-state index in [2.05, 4.69) is 15.5 Å². The molecule has 0 atom stereocenters. The van der Waals surface area contributed by atoms with Crippen molar-refractivity contribution in [1.82, 2.24) is 14.5 Å². The van der Waals surface area contributed by atoms with Gasteiger partial charge in [-0.3, -0.25) is 4.79 Å². The van der Waals surface area contributed by atoms with Crippen LogP contribution in [0.25, 0.3) is 11.5 Å². The van der Waals surface area contributed by atoms with Gasteiger partial charge in [0.25, 0.3) is 0 Å². The van der Waals surface area contributed by atoms with Crippen LogP contribution in [0.4, 0.5) is 18.9 Å². The standard InChI is InChI=1S/C21H19F3N4O4S/c22-21(23,24)16-4-2-6-18(12-16)33(30,31)28-9-7-14(8-10-28)19(29)26-17-5-1-3-15(11-17)20-27-25-13-32-20/h1-6,11-14H,7-10H2,(H,26,29). The van der Waals surface area contributed by atoms with Crippen molar-refractivity contribution in [3.63, 3.8) is 0 Å². The van der Waals surface area contributed by atoms with Crippen molar-refractivity contribution in [2.75, 3.05) is 18.4 Å². The van der Waals surface area contributed by atoms with Gasteiger partial charge in [-0.2, -0.15) is 17.5 Å². The second kappa shape index (κ2) is 8.94. The van der Waals surface area contributed by atoms with E-state index >= 15 is 0 Å². The lowest BCUT2D eigenvalue weighted by molar-refractivity contribution is -0.137. The fourth-order valence-electron chi connectivity index (χ4n) is 3.61. The van der Waals surface area contributed by atoms with Crippen molar-refractivity contribution in [2.45, 2.75) is 23.9 Å². The minimum Gasteiger partial charge on any atom is -0.423 e. The van der Waals surface area contributed by atoms with E-state index in [9.17, 15) is 26.4 Å². The number of hydrogen-bond acceptors (Lipinski definition) is 6. The van der Waals surface area contributed by atoms with Gasteiger partial charge in [0.1, 0.15) is 0 Å². The molecule has 12 heteroatoms. The van der Waals surface area contributed by atoms with Gasteiger partial charge in [-0.15, -0.1) is 10.2 Å². The van der Waals surface area contributed by atoms with Crippen molar-refractivity contribution in [2.24, 2.45) is 5.92 Å². The summed E-state index contributed by atoms with van der Waals surface area (Å²) in [6.07, 6.45) is -2.96. The highest BCUT2D eigenvalue weighted by atomic mass is 32.2. The fraction of sp³-hybridized carbons (Fsp3) is 0.286. The maximum Gasteiger partial charge on any atom is 0.416 e. The number of piperidine rings is 1. The Morgan fingerprint density at radius 3 is 2.48 bits per heavy atom. The number of halogens is 3. The molecule has 1 aliphatic rings. The SMILES string of the molecule is O=C(Nc1cccc(-c2nnco2)c1)C1CCN(S(=O)(=O)c2cccc(C(F)(F)F)c2)CC1. The van der Waals surface area contributed by atoms with Crippen LogP contribution in [-0.2, 0) is 21.0 Å². The molecule has 0 radical (unpaired) electrons. The zero-order valence-electron chi connectivity index (χ0n) is 17.1. The molecule has 0 unspecified atom stereocenters. The molecule has 2 heterocycles. The summed E-state index contributed by atoms with van der Waals surface area (Å²) < 4.78 is 70.8. The molecule has 1 aliphatic heterocycles. The lowest BCUT2D eigenvalue weighted by atomic mass is 9.97. The average Bonchev–Trinajstić information content (AvgIpc) is 3.34. The van der Waals surface area contributed by atoms with E-state index in [1.165, 1.54) is 6.39 Å². The lowest BCUT2D eigenvalue weighted by Crippen LogP contribution is -2.41. The number of rotatable bonds is 5. The summed E-state index contributed by atoms with van der Waals surface area (Å²) in [5.41, 5.74) is 0.127. The highest BCUT2D eigenvalue weighted by molar-refractivity contribution is 7.89. The molecule has 1 aromatic heterocycles. The summed E-state index contributed by atoms with van der Waals surface area (Å²) in [6.45, 7) is 0.0530. The number of carbonyl (C=O) groups excluding carboxylic acids is 1. The number of alkyl halides is 3. The Hall–Kier alpha value is -3.25. The molecule has 8 nitrogen and oxygen atoms in total. The van der Waals surface area contributed by atoms with Gasteiger partial charge in [0.05, 0.1) is 10.5 Å². The van der Waals surface area contributed by atoms with Gasteiger partial charge in [-0.1, -0.05) is 12.1 Å². The minimum absolute atomic E-state index is 0.0265. The number of anilines is 1. The number of nitrogens with zero attached hydrogens (tertiary/aromatic N) is 3. The van der Waals surface area contributed by atoms with Crippen molar-refractivity contribution in [3.8, 4) is 11.5 Å². The number of benzene rings is 2. The molecule has 0 aliphatic carbocycles. The highest BCUT2D eigenvalue weighted by Gasteiger charge is 2.35. The van der Waals surface area contributed by atoms with Gasteiger partial charge in [0.2, 0.25) is 28.2 Å². The molecule has 3 aromatic rings. The molecule has 4 rings (SSSR count). The van der Waals surface area contributed by atoms with Crippen LogP contribution >= 0.6 is 0 Å². The Balaban J connectivity index is 1.40. The van der Waals surface area contributed by atoms with Crippen LogP contribution in [-0.4, -0.2) is 41.9 Å². The van der Waals surface area contributed by atoms with Gasteiger partial charge in [0, 0.05) is 30.3 Å². The van der Waals surface area contributed by atoms with Crippen LogP contribution in [0.2, 0.25) is 0 Å². The van der Waals surface area contributed by atoms with E-state index in [0.29, 0.717) is 23.2 Å². The number of hydrogen-bond donors (Lipinski definition) is 1. The first-order chi connectivity index (χ1) is 15.6. The number of nitrogens with one attached hydrogen (secondary N) is 1. The summed E-state index contributed by atoms with van der Waals surface area (Å²) in [7, 11) is -4.11. The van der Waals surface area contributed by atoms with Crippen molar-refractivity contribution >= 4 is 21.6 Å². The Morgan fingerprint density at radius 2 is 1.82 bits per heavy atom. The molecule has 1 fully saturated rings. The summed E-state index contributed by atoms with van der Waals surface area (Å²) in [5, 5.41) is 10.2. The van der Waals surface area contributed by atoms with E-state index in [1.54, 1.807) is 24.3 Å². The highest BCUT2D eigenvalue weighted by Crippen LogP contribution is 2.32. The third-order valence-corrected chi connectivity index (χ3v) is 7.26. The molecule has 0 spiro atoms. The van der Waals surface area contributed by atoms with E-state index in [1.807, 2.05) is 0 Å². The van der Waals surface area contributed by atoms with Crippen LogP contribution in [0.15, 0.2) is 64.2 Å². The second-order valence-corrected chi connectivity index (χ2v) is 9.46. The fourth-order valence-corrected chi connectivity index (χ4v) is 5.13. The van der Waals surface area contributed by atoms with Crippen molar-refractivity contribution in [3.05, 3.63) is 60.5 Å². The van der Waals surface area contributed by atoms with Gasteiger partial charge in [0.15, 0.2) is 0 Å². The predicted octanol–water partition coefficient (Wildman–Crippen LogP) is 3.79. The van der Waals surface area contributed by atoms with Crippen molar-refractivity contribution in [1.29, 1.82) is 0 Å². The summed E-state index contributed by atoms with van der Waals surface area (Å²) in [5.74, 6) is -0.405. The maximum atomic E-state index is 13.0. The van der Waals surface area contributed by atoms with Gasteiger partial charge in [-0.05, 0) is 49.2 Å². The lowest BCUT2D eigenvalue weighted by Gasteiger charge is -2.30. The Morgan fingerprint density at radius 1 is 1.09 bits per heavy atom. The second-order valence-electron chi connectivity index (χ2n) is 7.52. The van der Waals surface area contributed by atoms with Crippen LogP contribution in [0.1, 0.15) is 18.4 Å². The maximum absolute atomic E-state index is 13.0. The number of amides is 1. The smallest absolute Gasteiger partial charge is 0.416 e.